The van der Waals surface area contributed by atoms with Crippen molar-refractivity contribution in [1.82, 2.24) is 5.43 Å². The van der Waals surface area contributed by atoms with Gasteiger partial charge in [0, 0.05) is 22.4 Å². The van der Waals surface area contributed by atoms with E-state index < -0.39 is 0 Å². The third-order valence-corrected chi connectivity index (χ3v) is 4.85. The molecule has 0 radical (unpaired) electrons. The van der Waals surface area contributed by atoms with Gasteiger partial charge in [0.2, 0.25) is 0 Å². The fourth-order valence-corrected chi connectivity index (χ4v) is 3.18. The topological polar surface area (TPSA) is 71.6 Å². The molecule has 0 bridgehead atoms. The molecular weight excluding hydrogens is 446 g/mol. The fraction of sp³-hybridized carbons (Fsp3) is 0.174. The van der Waals surface area contributed by atoms with Gasteiger partial charge in [-0.25, -0.2) is 5.43 Å². The van der Waals surface area contributed by atoms with Crippen LogP contribution in [0, 0.1) is 0 Å². The summed E-state index contributed by atoms with van der Waals surface area (Å²) in [5.41, 5.74) is 9.03. The fourth-order valence-electron chi connectivity index (χ4n) is 2.72. The molecule has 3 N–H and O–H groups in total. The molecular formula is C23H24BrN3O3. The molecule has 156 valence electrons. The second-order valence-corrected chi connectivity index (χ2v) is 7.23. The summed E-state index contributed by atoms with van der Waals surface area (Å²) >= 11 is 3.58. The van der Waals surface area contributed by atoms with Gasteiger partial charge in [-0.2, -0.15) is 0 Å². The molecule has 0 spiro atoms. The summed E-state index contributed by atoms with van der Waals surface area (Å²) < 4.78 is 12.3. The van der Waals surface area contributed by atoms with E-state index in [2.05, 4.69) is 32.1 Å². The Morgan fingerprint density at radius 2 is 1.53 bits per heavy atom. The molecule has 30 heavy (non-hydrogen) atoms. The molecule has 0 fully saturated rings. The van der Waals surface area contributed by atoms with Crippen LogP contribution in [-0.2, 0) is 11.3 Å². The summed E-state index contributed by atoms with van der Waals surface area (Å²) in [5, 5.41) is 2.80. The van der Waals surface area contributed by atoms with Gasteiger partial charge in [0.05, 0.1) is 6.61 Å². The quantitative estimate of drug-likeness (QED) is 0.365. The van der Waals surface area contributed by atoms with Gasteiger partial charge in [0.1, 0.15) is 0 Å². The maximum absolute atomic E-state index is 12.2. The number of ether oxygens (including phenoxy) is 2. The van der Waals surface area contributed by atoms with Crippen molar-refractivity contribution in [3.8, 4) is 11.5 Å². The van der Waals surface area contributed by atoms with Crippen LogP contribution in [0.2, 0.25) is 0 Å². The zero-order valence-electron chi connectivity index (χ0n) is 16.7. The van der Waals surface area contributed by atoms with Gasteiger partial charge in [-0.1, -0.05) is 52.3 Å². The molecule has 3 rings (SSSR count). The van der Waals surface area contributed by atoms with Crippen LogP contribution in [-0.4, -0.2) is 19.1 Å². The van der Waals surface area contributed by atoms with E-state index >= 15 is 0 Å². The van der Waals surface area contributed by atoms with Crippen molar-refractivity contribution in [2.24, 2.45) is 0 Å². The number of nitrogens with one attached hydrogen (secondary N) is 3. The molecule has 7 heteroatoms. The summed E-state index contributed by atoms with van der Waals surface area (Å²) in [6, 6.07) is 22.8. The number of para-hydroxylation sites is 2. The number of benzene rings is 3. The predicted molar refractivity (Wildman–Crippen MR) is 123 cm³/mol. The Morgan fingerprint density at radius 1 is 0.900 bits per heavy atom. The third kappa shape index (κ3) is 6.50. The van der Waals surface area contributed by atoms with E-state index in [0.717, 1.165) is 21.4 Å². The first-order valence-corrected chi connectivity index (χ1v) is 10.4. The highest BCUT2D eigenvalue weighted by molar-refractivity contribution is 9.10. The Kier molecular flexibility index (Phi) is 8.11. The van der Waals surface area contributed by atoms with E-state index in [1.54, 1.807) is 0 Å². The maximum atomic E-state index is 12.2. The SMILES string of the molecule is CCOc1cc(CNNc2ccccc2)c(Br)cc1OCC(=O)Nc1ccccc1. The van der Waals surface area contributed by atoms with Crippen LogP contribution >= 0.6 is 15.9 Å². The van der Waals surface area contributed by atoms with Crippen LogP contribution in [0.4, 0.5) is 11.4 Å². The van der Waals surface area contributed by atoms with Crippen molar-refractivity contribution in [2.45, 2.75) is 13.5 Å². The number of hydrogen-bond donors (Lipinski definition) is 3. The minimum Gasteiger partial charge on any atom is -0.490 e. The molecule has 0 aliphatic carbocycles. The predicted octanol–water partition coefficient (Wildman–Crippen LogP) is 4.98. The number of halogens is 1. The largest absolute Gasteiger partial charge is 0.490 e. The van der Waals surface area contributed by atoms with Gasteiger partial charge in [0.15, 0.2) is 18.1 Å². The standard InChI is InChI=1S/C23H24BrN3O3/c1-2-29-21-13-17(15-25-27-19-11-7-4-8-12-19)20(24)14-22(21)30-16-23(28)26-18-9-5-3-6-10-18/h3-14,25,27H,2,15-16H2,1H3,(H,26,28). The number of hydrazine groups is 1. The smallest absolute Gasteiger partial charge is 0.262 e. The summed E-state index contributed by atoms with van der Waals surface area (Å²) in [6.07, 6.45) is 0. The van der Waals surface area contributed by atoms with E-state index in [4.69, 9.17) is 9.47 Å². The average molecular weight is 470 g/mol. The number of anilines is 2. The molecule has 0 aliphatic rings. The highest BCUT2D eigenvalue weighted by Crippen LogP contribution is 2.34. The minimum atomic E-state index is -0.238. The summed E-state index contributed by atoms with van der Waals surface area (Å²) in [4.78, 5) is 12.2. The molecule has 0 unspecified atom stereocenters. The Balaban J connectivity index is 1.61. The lowest BCUT2D eigenvalue weighted by Crippen LogP contribution is -2.21. The lowest BCUT2D eigenvalue weighted by Gasteiger charge is -2.16. The van der Waals surface area contributed by atoms with Crippen molar-refractivity contribution in [1.29, 1.82) is 0 Å². The third-order valence-electron chi connectivity index (χ3n) is 4.11. The molecule has 0 saturated carbocycles. The molecule has 3 aromatic rings. The second kappa shape index (κ2) is 11.2. The molecule has 3 aromatic carbocycles. The van der Waals surface area contributed by atoms with Gasteiger partial charge >= 0.3 is 0 Å². The summed E-state index contributed by atoms with van der Waals surface area (Å²) in [5.74, 6) is 0.856. The molecule has 6 nitrogen and oxygen atoms in total. The molecule has 0 saturated heterocycles. The van der Waals surface area contributed by atoms with Crippen LogP contribution in [0.25, 0.3) is 0 Å². The lowest BCUT2D eigenvalue weighted by atomic mass is 10.2. The van der Waals surface area contributed by atoms with E-state index in [1.165, 1.54) is 0 Å². The van der Waals surface area contributed by atoms with Crippen LogP contribution < -0.4 is 25.6 Å². The minimum absolute atomic E-state index is 0.117. The van der Waals surface area contributed by atoms with E-state index in [-0.39, 0.29) is 12.5 Å². The Hall–Kier alpha value is -3.03. The van der Waals surface area contributed by atoms with Gasteiger partial charge < -0.3 is 20.2 Å². The summed E-state index contributed by atoms with van der Waals surface area (Å²) in [7, 11) is 0. The number of rotatable bonds is 10. The first-order chi connectivity index (χ1) is 14.7. The van der Waals surface area contributed by atoms with Crippen molar-refractivity contribution < 1.29 is 14.3 Å². The van der Waals surface area contributed by atoms with Gasteiger partial charge in [-0.15, -0.1) is 0 Å². The monoisotopic (exact) mass is 469 g/mol. The van der Waals surface area contributed by atoms with E-state index in [0.29, 0.717) is 24.7 Å². The Bertz CT molecular complexity index is 953. The maximum Gasteiger partial charge on any atom is 0.262 e. The molecule has 0 aliphatic heterocycles. The van der Waals surface area contributed by atoms with Crippen molar-refractivity contribution in [2.75, 3.05) is 24.0 Å². The first kappa shape index (κ1) is 21.7. The number of hydrogen-bond acceptors (Lipinski definition) is 5. The Labute approximate surface area is 184 Å². The van der Waals surface area contributed by atoms with Crippen molar-refractivity contribution in [3.63, 3.8) is 0 Å². The Morgan fingerprint density at radius 3 is 2.20 bits per heavy atom. The van der Waals surface area contributed by atoms with Crippen molar-refractivity contribution in [3.05, 3.63) is 82.8 Å². The normalized spacial score (nSPS) is 10.3. The molecule has 0 heterocycles. The van der Waals surface area contributed by atoms with Gasteiger partial charge in [0.25, 0.3) is 5.91 Å². The zero-order valence-corrected chi connectivity index (χ0v) is 18.2. The second-order valence-electron chi connectivity index (χ2n) is 6.37. The van der Waals surface area contributed by atoms with Gasteiger partial charge in [-0.3, -0.25) is 4.79 Å². The summed E-state index contributed by atoms with van der Waals surface area (Å²) in [6.45, 7) is 2.84. The zero-order chi connectivity index (χ0) is 21.2. The molecule has 0 atom stereocenters. The van der Waals surface area contributed by atoms with E-state index in [9.17, 15) is 4.79 Å². The molecule has 1 amide bonds. The highest BCUT2D eigenvalue weighted by Gasteiger charge is 2.13. The lowest BCUT2D eigenvalue weighted by molar-refractivity contribution is -0.118. The van der Waals surface area contributed by atoms with E-state index in [1.807, 2.05) is 79.7 Å². The van der Waals surface area contributed by atoms with Crippen LogP contribution in [0.3, 0.4) is 0 Å². The number of amides is 1. The van der Waals surface area contributed by atoms with Crippen molar-refractivity contribution >= 4 is 33.2 Å². The first-order valence-electron chi connectivity index (χ1n) is 9.62. The molecule has 0 aromatic heterocycles. The van der Waals surface area contributed by atoms with Crippen LogP contribution in [0.5, 0.6) is 11.5 Å². The average Bonchev–Trinajstić information content (AvgIpc) is 2.76. The van der Waals surface area contributed by atoms with Crippen LogP contribution in [0.15, 0.2) is 77.3 Å². The highest BCUT2D eigenvalue weighted by atomic mass is 79.9. The number of carbonyl (C=O) groups is 1. The van der Waals surface area contributed by atoms with Crippen LogP contribution in [0.1, 0.15) is 12.5 Å². The number of carbonyl (C=O) groups excluding carboxylic acids is 1. The van der Waals surface area contributed by atoms with Gasteiger partial charge in [-0.05, 0) is 48.9 Å².